The van der Waals surface area contributed by atoms with Gasteiger partial charge in [-0.05, 0) is 49.2 Å². The molecular weight excluding hydrogens is 680 g/mol. The van der Waals surface area contributed by atoms with E-state index in [0.29, 0.717) is 44.2 Å². The molecule has 2 fully saturated rings. The van der Waals surface area contributed by atoms with Crippen molar-refractivity contribution in [3.63, 3.8) is 0 Å². The average molecular weight is 719 g/mol. The molecule has 4 atom stereocenters. The summed E-state index contributed by atoms with van der Waals surface area (Å²) in [7, 11) is 8.48. The average Bonchev–Trinajstić information content (AvgIpc) is 3.65. The van der Waals surface area contributed by atoms with Crippen molar-refractivity contribution in [2.75, 3.05) is 42.7 Å². The fraction of sp³-hybridized carbons (Fsp3) is 0.368. The number of Topliss-reactive ketones (excluding diaryl/α,β-unsaturated/α-hetero) is 2. The minimum atomic E-state index is -1.24. The van der Waals surface area contributed by atoms with Gasteiger partial charge in [-0.25, -0.2) is 0 Å². The molecule has 0 radical (unpaired) electrons. The van der Waals surface area contributed by atoms with Gasteiger partial charge in [-0.1, -0.05) is 0 Å². The van der Waals surface area contributed by atoms with E-state index in [1.165, 1.54) is 56.5 Å². The van der Waals surface area contributed by atoms with Crippen LogP contribution in [0.3, 0.4) is 0 Å². The molecule has 0 aliphatic carbocycles. The second kappa shape index (κ2) is 13.8. The molecule has 2 heterocycles. The maximum atomic E-state index is 13.3. The standard InChI is InChI=1S/C38H38O14/c1-15(39)27-31(35-21(41)13-25(43)51-35)37(49-7)29-19(33(27)47-5)9-17(11-23(29)45-3)18-10-20-30(24(12-18)46-4)38(50-8)32(28(16(2)40)34(20)48-6)36-22(42)14-26(44)52-36/h9-12,21-22,35-36,41-42H,13-14H2,1-8H3. The fourth-order valence-corrected chi connectivity index (χ4v) is 7.41. The van der Waals surface area contributed by atoms with Crippen molar-refractivity contribution < 1.29 is 67.3 Å². The highest BCUT2D eigenvalue weighted by Gasteiger charge is 2.43. The summed E-state index contributed by atoms with van der Waals surface area (Å²) in [5.74, 6) is -0.971. The van der Waals surface area contributed by atoms with Gasteiger partial charge >= 0.3 is 11.9 Å². The van der Waals surface area contributed by atoms with Crippen molar-refractivity contribution in [1.29, 1.82) is 0 Å². The number of methoxy groups -OCH3 is 6. The normalized spacial score (nSPS) is 19.7. The number of aliphatic hydroxyl groups is 2. The predicted octanol–water partition coefficient (Wildman–Crippen LogP) is 4.81. The van der Waals surface area contributed by atoms with Crippen molar-refractivity contribution in [3.05, 3.63) is 46.5 Å². The smallest absolute Gasteiger partial charge is 0.309 e. The minimum absolute atomic E-state index is 0.0562. The number of carbonyl (C=O) groups is 4. The molecule has 0 saturated carbocycles. The summed E-state index contributed by atoms with van der Waals surface area (Å²) in [6, 6.07) is 6.95. The summed E-state index contributed by atoms with van der Waals surface area (Å²) < 4.78 is 46.2. The summed E-state index contributed by atoms with van der Waals surface area (Å²) >= 11 is 0. The third kappa shape index (κ3) is 5.58. The van der Waals surface area contributed by atoms with Crippen LogP contribution >= 0.6 is 0 Å². The number of hydrogen-bond donors (Lipinski definition) is 2. The van der Waals surface area contributed by atoms with Gasteiger partial charge in [0.1, 0.15) is 46.7 Å². The molecule has 14 heteroatoms. The summed E-state index contributed by atoms with van der Waals surface area (Å²) in [5.41, 5.74) is 1.52. The molecule has 4 aromatic rings. The van der Waals surface area contributed by atoms with Crippen LogP contribution < -0.4 is 28.4 Å². The molecule has 4 aromatic carbocycles. The third-order valence-electron chi connectivity index (χ3n) is 9.46. The molecule has 0 aromatic heterocycles. The highest BCUT2D eigenvalue weighted by Crippen LogP contribution is 2.54. The highest BCUT2D eigenvalue weighted by atomic mass is 16.6. The Morgan fingerprint density at radius 3 is 1.17 bits per heavy atom. The van der Waals surface area contributed by atoms with E-state index in [1.807, 2.05) is 0 Å². The second-order valence-corrected chi connectivity index (χ2v) is 12.4. The topological polar surface area (TPSA) is 183 Å². The van der Waals surface area contributed by atoms with Crippen LogP contribution in [-0.2, 0) is 19.1 Å². The number of carbonyl (C=O) groups excluding carboxylic acids is 4. The molecule has 6 rings (SSSR count). The number of aliphatic hydroxyl groups excluding tert-OH is 2. The zero-order chi connectivity index (χ0) is 37.8. The van der Waals surface area contributed by atoms with E-state index in [0.717, 1.165) is 0 Å². The van der Waals surface area contributed by atoms with Gasteiger partial charge in [0.15, 0.2) is 23.8 Å². The lowest BCUT2D eigenvalue weighted by Gasteiger charge is -2.26. The lowest BCUT2D eigenvalue weighted by molar-refractivity contribution is -0.143. The van der Waals surface area contributed by atoms with Gasteiger partial charge in [-0.2, -0.15) is 0 Å². The molecule has 4 unspecified atom stereocenters. The number of benzene rings is 4. The lowest BCUT2D eigenvalue weighted by Crippen LogP contribution is -2.18. The zero-order valence-corrected chi connectivity index (χ0v) is 29.8. The molecule has 274 valence electrons. The fourth-order valence-electron chi connectivity index (χ4n) is 7.41. The summed E-state index contributed by atoms with van der Waals surface area (Å²) in [6.45, 7) is 2.66. The summed E-state index contributed by atoms with van der Waals surface area (Å²) in [5, 5.41) is 23.2. The molecule has 2 aliphatic rings. The SMILES string of the molecule is COc1c(C(C)=O)c(C2OC(=O)CC2O)c(OC)c2c(OC)cc(-c3cc(OC)c4c(OC)c(C5OC(=O)CC5O)c(C(C)=O)c(OC)c4c3)cc12. The first-order chi connectivity index (χ1) is 24.8. The molecule has 2 aliphatic heterocycles. The highest BCUT2D eigenvalue weighted by molar-refractivity contribution is 6.13. The Kier molecular flexibility index (Phi) is 9.64. The first-order valence-corrected chi connectivity index (χ1v) is 16.2. The van der Waals surface area contributed by atoms with Crippen LogP contribution in [0.4, 0.5) is 0 Å². The van der Waals surface area contributed by atoms with Crippen molar-refractivity contribution in [3.8, 4) is 45.6 Å². The van der Waals surface area contributed by atoms with Gasteiger partial charge in [-0.3, -0.25) is 19.2 Å². The Labute approximate surface area is 298 Å². The van der Waals surface area contributed by atoms with Crippen LogP contribution in [-0.4, -0.2) is 88.6 Å². The third-order valence-corrected chi connectivity index (χ3v) is 9.46. The van der Waals surface area contributed by atoms with Gasteiger partial charge in [0.25, 0.3) is 0 Å². The van der Waals surface area contributed by atoms with Crippen LogP contribution in [0.15, 0.2) is 24.3 Å². The van der Waals surface area contributed by atoms with Gasteiger partial charge < -0.3 is 48.1 Å². The Hall–Kier alpha value is -5.60. The molecule has 14 nitrogen and oxygen atoms in total. The monoisotopic (exact) mass is 718 g/mol. The van der Waals surface area contributed by atoms with Gasteiger partial charge in [0.2, 0.25) is 0 Å². The first-order valence-electron chi connectivity index (χ1n) is 16.2. The Morgan fingerprint density at radius 1 is 0.577 bits per heavy atom. The summed E-state index contributed by atoms with van der Waals surface area (Å²) in [6.07, 6.45) is -5.42. The van der Waals surface area contributed by atoms with Gasteiger partial charge in [-0.15, -0.1) is 0 Å². The maximum absolute atomic E-state index is 13.3. The quantitative estimate of drug-likeness (QED) is 0.159. The molecule has 0 spiro atoms. The Bertz CT molecular complexity index is 2020. The largest absolute Gasteiger partial charge is 0.496 e. The maximum Gasteiger partial charge on any atom is 0.309 e. The van der Waals surface area contributed by atoms with E-state index in [-0.39, 0.29) is 58.1 Å². The van der Waals surface area contributed by atoms with Crippen molar-refractivity contribution in [2.45, 2.75) is 51.1 Å². The van der Waals surface area contributed by atoms with Crippen LogP contribution in [0, 0.1) is 0 Å². The first kappa shape index (κ1) is 36.2. The number of hydrogen-bond acceptors (Lipinski definition) is 14. The van der Waals surface area contributed by atoms with Crippen LogP contribution in [0.2, 0.25) is 0 Å². The van der Waals surface area contributed by atoms with Crippen molar-refractivity contribution in [2.24, 2.45) is 0 Å². The van der Waals surface area contributed by atoms with E-state index < -0.39 is 47.9 Å². The summed E-state index contributed by atoms with van der Waals surface area (Å²) in [4.78, 5) is 51.1. The number of fused-ring (bicyclic) bond motifs is 2. The molecule has 52 heavy (non-hydrogen) atoms. The number of cyclic esters (lactones) is 2. The minimum Gasteiger partial charge on any atom is -0.496 e. The molecular formula is C38H38O14. The van der Waals surface area contributed by atoms with Gasteiger partial charge in [0, 0.05) is 10.8 Å². The lowest BCUT2D eigenvalue weighted by atomic mass is 9.87. The Morgan fingerprint density at radius 2 is 0.923 bits per heavy atom. The van der Waals surface area contributed by atoms with E-state index >= 15 is 0 Å². The van der Waals surface area contributed by atoms with E-state index in [4.69, 9.17) is 37.9 Å². The van der Waals surface area contributed by atoms with Gasteiger partial charge in [0.05, 0.1) is 88.5 Å². The zero-order valence-electron chi connectivity index (χ0n) is 29.8. The number of esters is 2. The van der Waals surface area contributed by atoms with Crippen LogP contribution in [0.1, 0.15) is 70.7 Å². The second-order valence-electron chi connectivity index (χ2n) is 12.4. The molecule has 0 bridgehead atoms. The Balaban J connectivity index is 1.71. The van der Waals surface area contributed by atoms with E-state index in [2.05, 4.69) is 0 Å². The number of ketones is 2. The van der Waals surface area contributed by atoms with E-state index in [1.54, 1.807) is 24.3 Å². The van der Waals surface area contributed by atoms with Crippen molar-refractivity contribution in [1.82, 2.24) is 0 Å². The number of rotatable bonds is 11. The van der Waals surface area contributed by atoms with Crippen LogP contribution in [0.5, 0.6) is 34.5 Å². The van der Waals surface area contributed by atoms with Crippen LogP contribution in [0.25, 0.3) is 32.7 Å². The molecule has 2 saturated heterocycles. The van der Waals surface area contributed by atoms with Crippen molar-refractivity contribution >= 4 is 45.0 Å². The van der Waals surface area contributed by atoms with E-state index in [9.17, 15) is 29.4 Å². The number of ether oxygens (including phenoxy) is 8. The molecule has 0 amide bonds. The molecule has 2 N–H and O–H groups in total. The predicted molar refractivity (Wildman–Crippen MR) is 185 cm³/mol.